The van der Waals surface area contributed by atoms with E-state index in [1.807, 2.05) is 16.3 Å². The average Bonchev–Trinajstić information content (AvgIpc) is 3.02. The first-order valence-electron chi connectivity index (χ1n) is 7.86. The third-order valence-corrected chi connectivity index (χ3v) is 5.07. The quantitative estimate of drug-likeness (QED) is 0.935. The molecule has 3 rings (SSSR count). The second-order valence-corrected chi connectivity index (χ2v) is 6.57. The van der Waals surface area contributed by atoms with Crippen molar-refractivity contribution in [2.45, 2.75) is 25.8 Å². The van der Waals surface area contributed by atoms with Gasteiger partial charge in [0, 0.05) is 25.0 Å². The molecular formula is C17H20FN3OS. The molecule has 4 nitrogen and oxygen atoms in total. The molecule has 1 aliphatic heterocycles. The lowest BCUT2D eigenvalue weighted by atomic mass is 10.0. The van der Waals surface area contributed by atoms with Crippen LogP contribution in [-0.4, -0.2) is 35.4 Å². The second-order valence-electron chi connectivity index (χ2n) is 5.62. The van der Waals surface area contributed by atoms with Crippen molar-refractivity contribution in [2.24, 2.45) is 0 Å². The first-order valence-corrected chi connectivity index (χ1v) is 8.74. The summed E-state index contributed by atoms with van der Waals surface area (Å²) in [4.78, 5) is 19.0. The minimum Gasteiger partial charge on any atom is -0.333 e. The third kappa shape index (κ3) is 3.76. The highest BCUT2D eigenvalue weighted by molar-refractivity contribution is 7.09. The Hall–Kier alpha value is -1.79. The van der Waals surface area contributed by atoms with Gasteiger partial charge in [-0.1, -0.05) is 19.1 Å². The van der Waals surface area contributed by atoms with Gasteiger partial charge in [0.05, 0.1) is 23.2 Å². The van der Waals surface area contributed by atoms with Crippen molar-refractivity contribution in [3.8, 4) is 0 Å². The van der Waals surface area contributed by atoms with E-state index in [0.29, 0.717) is 19.5 Å². The van der Waals surface area contributed by atoms with Crippen molar-refractivity contribution in [3.05, 3.63) is 51.7 Å². The van der Waals surface area contributed by atoms with Crippen molar-refractivity contribution >= 4 is 17.2 Å². The number of aromatic nitrogens is 1. The lowest BCUT2D eigenvalue weighted by molar-refractivity contribution is -0.133. The van der Waals surface area contributed by atoms with Gasteiger partial charge < -0.3 is 10.2 Å². The number of piperazine rings is 1. The van der Waals surface area contributed by atoms with Crippen LogP contribution in [0.5, 0.6) is 0 Å². The molecule has 1 aromatic heterocycles. The van der Waals surface area contributed by atoms with E-state index in [0.717, 1.165) is 29.2 Å². The zero-order valence-electron chi connectivity index (χ0n) is 13.1. The molecule has 2 aromatic rings. The molecule has 0 spiro atoms. The van der Waals surface area contributed by atoms with Crippen molar-refractivity contribution in [3.63, 3.8) is 0 Å². The number of nitrogens with zero attached hydrogens (tertiary/aromatic N) is 2. The summed E-state index contributed by atoms with van der Waals surface area (Å²) in [6.45, 7) is 4.09. The topological polar surface area (TPSA) is 45.2 Å². The third-order valence-electron chi connectivity index (χ3n) is 4.03. The number of nitrogens with one attached hydrogen (secondary N) is 1. The fourth-order valence-electron chi connectivity index (χ4n) is 2.86. The predicted molar refractivity (Wildman–Crippen MR) is 88.9 cm³/mol. The van der Waals surface area contributed by atoms with Gasteiger partial charge >= 0.3 is 0 Å². The lowest BCUT2D eigenvalue weighted by Crippen LogP contribution is -2.49. The Bertz CT molecular complexity index is 688. The molecule has 1 N–H and O–H groups in total. The molecule has 23 heavy (non-hydrogen) atoms. The zero-order valence-corrected chi connectivity index (χ0v) is 13.9. The summed E-state index contributed by atoms with van der Waals surface area (Å²) in [5, 5.41) is 6.29. The van der Waals surface area contributed by atoms with Crippen LogP contribution in [0.2, 0.25) is 0 Å². The number of hydrogen-bond donors (Lipinski definition) is 1. The molecule has 2 heterocycles. The molecule has 6 heteroatoms. The van der Waals surface area contributed by atoms with Crippen molar-refractivity contribution in [1.82, 2.24) is 15.2 Å². The maximum Gasteiger partial charge on any atom is 0.229 e. The van der Waals surface area contributed by atoms with Crippen LogP contribution in [0.15, 0.2) is 29.6 Å². The number of hydrogen-bond acceptors (Lipinski definition) is 4. The largest absolute Gasteiger partial charge is 0.333 e. The SMILES string of the molecule is CCc1nc(CC(=O)N2CCNCC2c2cccc(F)c2)cs1. The molecule has 1 fully saturated rings. The standard InChI is InChI=1S/C17H20FN3OS/c1-2-16-20-14(11-23-16)9-17(22)21-7-6-19-10-15(21)12-4-3-5-13(18)8-12/h3-5,8,11,15,19H,2,6-7,9-10H2,1H3. The van der Waals surface area contributed by atoms with E-state index in [4.69, 9.17) is 0 Å². The second kappa shape index (κ2) is 7.19. The van der Waals surface area contributed by atoms with Gasteiger partial charge in [-0.2, -0.15) is 0 Å². The highest BCUT2D eigenvalue weighted by Gasteiger charge is 2.28. The Balaban J connectivity index is 1.76. The molecule has 1 aromatic carbocycles. The number of carbonyl (C=O) groups excluding carboxylic acids is 1. The molecule has 0 radical (unpaired) electrons. The number of carbonyl (C=O) groups is 1. The molecular weight excluding hydrogens is 313 g/mol. The van der Waals surface area contributed by atoms with Crippen LogP contribution in [-0.2, 0) is 17.6 Å². The molecule has 1 amide bonds. The lowest BCUT2D eigenvalue weighted by Gasteiger charge is -2.36. The Kier molecular flexibility index (Phi) is 5.03. The molecule has 0 saturated carbocycles. The zero-order chi connectivity index (χ0) is 16.2. The highest BCUT2D eigenvalue weighted by Crippen LogP contribution is 2.24. The van der Waals surface area contributed by atoms with Gasteiger partial charge in [-0.25, -0.2) is 9.37 Å². The summed E-state index contributed by atoms with van der Waals surface area (Å²) in [6.07, 6.45) is 1.20. The Labute approximate surface area is 139 Å². The summed E-state index contributed by atoms with van der Waals surface area (Å²) in [5.74, 6) is -0.221. The van der Waals surface area contributed by atoms with Crippen LogP contribution in [0.1, 0.15) is 29.2 Å². The van der Waals surface area contributed by atoms with Crippen LogP contribution >= 0.6 is 11.3 Å². The van der Waals surface area contributed by atoms with Crippen LogP contribution < -0.4 is 5.32 Å². The van der Waals surface area contributed by atoms with Crippen LogP contribution in [0, 0.1) is 5.82 Å². The number of aryl methyl sites for hydroxylation is 1. The molecule has 1 saturated heterocycles. The van der Waals surface area contributed by atoms with E-state index in [-0.39, 0.29) is 17.8 Å². The number of benzene rings is 1. The first kappa shape index (κ1) is 16.1. The smallest absolute Gasteiger partial charge is 0.229 e. The van der Waals surface area contributed by atoms with Gasteiger partial charge in [-0.15, -0.1) is 11.3 Å². The number of rotatable bonds is 4. The monoisotopic (exact) mass is 333 g/mol. The molecule has 1 aliphatic rings. The maximum atomic E-state index is 13.5. The van der Waals surface area contributed by atoms with Gasteiger partial charge in [0.25, 0.3) is 0 Å². The Morgan fingerprint density at radius 1 is 1.52 bits per heavy atom. The predicted octanol–water partition coefficient (Wildman–Crippen LogP) is 2.56. The summed E-state index contributed by atoms with van der Waals surface area (Å²) < 4.78 is 13.5. The minimum atomic E-state index is -0.271. The first-order chi connectivity index (χ1) is 11.2. The summed E-state index contributed by atoms with van der Waals surface area (Å²) >= 11 is 1.59. The highest BCUT2D eigenvalue weighted by atomic mass is 32.1. The van der Waals surface area contributed by atoms with Crippen molar-refractivity contribution < 1.29 is 9.18 Å². The average molecular weight is 333 g/mol. The summed E-state index contributed by atoms with van der Waals surface area (Å²) in [5.41, 5.74) is 1.66. The van der Waals surface area contributed by atoms with E-state index >= 15 is 0 Å². The van der Waals surface area contributed by atoms with Gasteiger partial charge in [0.1, 0.15) is 5.82 Å². The maximum absolute atomic E-state index is 13.5. The Morgan fingerprint density at radius 2 is 2.39 bits per heavy atom. The summed E-state index contributed by atoms with van der Waals surface area (Å²) in [7, 11) is 0. The van der Waals surface area contributed by atoms with Crippen LogP contribution in [0.4, 0.5) is 4.39 Å². The minimum absolute atomic E-state index is 0.0497. The van der Waals surface area contributed by atoms with E-state index in [9.17, 15) is 9.18 Å². The number of thiazole rings is 1. The van der Waals surface area contributed by atoms with Gasteiger partial charge in [-0.3, -0.25) is 4.79 Å². The molecule has 0 bridgehead atoms. The fourth-order valence-corrected chi connectivity index (χ4v) is 3.61. The molecule has 1 atom stereocenters. The molecule has 0 aliphatic carbocycles. The molecule has 122 valence electrons. The van der Waals surface area contributed by atoms with Gasteiger partial charge in [-0.05, 0) is 24.1 Å². The normalized spacial score (nSPS) is 18.2. The van der Waals surface area contributed by atoms with E-state index in [2.05, 4.69) is 17.2 Å². The Morgan fingerprint density at radius 3 is 3.13 bits per heavy atom. The van der Waals surface area contributed by atoms with E-state index < -0.39 is 0 Å². The van der Waals surface area contributed by atoms with Gasteiger partial charge in [0.2, 0.25) is 5.91 Å². The van der Waals surface area contributed by atoms with Crippen LogP contribution in [0.25, 0.3) is 0 Å². The number of halogens is 1. The van der Waals surface area contributed by atoms with Gasteiger partial charge in [0.15, 0.2) is 0 Å². The fraction of sp³-hybridized carbons (Fsp3) is 0.412. The van der Waals surface area contributed by atoms with Crippen LogP contribution in [0.3, 0.4) is 0 Å². The van der Waals surface area contributed by atoms with Crippen molar-refractivity contribution in [1.29, 1.82) is 0 Å². The number of amides is 1. The summed E-state index contributed by atoms with van der Waals surface area (Å²) in [6, 6.07) is 6.37. The van der Waals surface area contributed by atoms with Crippen molar-refractivity contribution in [2.75, 3.05) is 19.6 Å². The molecule has 1 unspecified atom stereocenters. The van der Waals surface area contributed by atoms with E-state index in [1.54, 1.807) is 17.4 Å². The van der Waals surface area contributed by atoms with E-state index in [1.165, 1.54) is 12.1 Å².